The van der Waals surface area contributed by atoms with Crippen LogP contribution in [0, 0.1) is 11.8 Å². The maximum atomic E-state index is 5.89. The summed E-state index contributed by atoms with van der Waals surface area (Å²) < 4.78 is 0. The van der Waals surface area contributed by atoms with Crippen LogP contribution in [0.25, 0.3) is 0 Å². The molecule has 1 aromatic heterocycles. The third-order valence-corrected chi connectivity index (χ3v) is 4.28. The molecule has 18 heavy (non-hydrogen) atoms. The lowest BCUT2D eigenvalue weighted by atomic mass is 10.1. The van der Waals surface area contributed by atoms with E-state index in [0.717, 1.165) is 23.5 Å². The first kappa shape index (κ1) is 10.6. The van der Waals surface area contributed by atoms with E-state index in [0.29, 0.717) is 17.8 Å². The van der Waals surface area contributed by atoms with Gasteiger partial charge in [0.1, 0.15) is 17.5 Å². The average molecular weight is 244 g/mol. The van der Waals surface area contributed by atoms with E-state index in [-0.39, 0.29) is 0 Å². The number of nitrogens with two attached hydrogens (primary N) is 1. The first-order valence-corrected chi connectivity index (χ1v) is 7.20. The predicted molar refractivity (Wildman–Crippen MR) is 71.3 cm³/mol. The van der Waals surface area contributed by atoms with Crippen molar-refractivity contribution in [2.45, 2.75) is 50.5 Å². The maximum Gasteiger partial charge on any atom is 0.136 e. The Balaban J connectivity index is 1.55. The van der Waals surface area contributed by atoms with Crippen molar-refractivity contribution in [1.82, 2.24) is 9.97 Å². The molecule has 0 spiro atoms. The fourth-order valence-electron chi connectivity index (χ4n) is 2.79. The lowest BCUT2D eigenvalue weighted by molar-refractivity contribution is 0.565. The summed E-state index contributed by atoms with van der Waals surface area (Å²) in [7, 11) is 0. The van der Waals surface area contributed by atoms with Crippen molar-refractivity contribution in [2.75, 3.05) is 11.1 Å². The van der Waals surface area contributed by atoms with Gasteiger partial charge in [0.25, 0.3) is 0 Å². The van der Waals surface area contributed by atoms with Gasteiger partial charge in [-0.25, -0.2) is 9.97 Å². The van der Waals surface area contributed by atoms with Crippen LogP contribution >= 0.6 is 0 Å². The third-order valence-electron chi connectivity index (χ3n) is 4.28. The third kappa shape index (κ3) is 2.16. The lowest BCUT2D eigenvalue weighted by Crippen LogP contribution is -2.25. The fraction of sp³-hybridized carbons (Fsp3) is 0.714. The second-order valence-corrected chi connectivity index (χ2v) is 6.16. The van der Waals surface area contributed by atoms with Crippen LogP contribution in [0.1, 0.15) is 50.3 Å². The summed E-state index contributed by atoms with van der Waals surface area (Å²) in [5, 5.41) is 3.64. The topological polar surface area (TPSA) is 63.8 Å². The molecule has 1 aromatic rings. The highest BCUT2D eigenvalue weighted by molar-refractivity contribution is 5.46. The molecule has 0 amide bonds. The van der Waals surface area contributed by atoms with Crippen LogP contribution in [0.2, 0.25) is 0 Å². The lowest BCUT2D eigenvalue weighted by Gasteiger charge is -2.18. The number of hydrogen-bond acceptors (Lipinski definition) is 4. The standard InChI is InChI=1S/C14H20N4/c15-11-7-12(18-14(16-11)10-5-6-10)17-13(8-1-2-8)9-3-4-9/h7-10,13H,1-6H2,(H3,15,16,17,18). The molecule has 0 unspecified atom stereocenters. The van der Waals surface area contributed by atoms with E-state index >= 15 is 0 Å². The molecule has 3 aliphatic rings. The minimum Gasteiger partial charge on any atom is -0.384 e. The molecule has 3 saturated carbocycles. The van der Waals surface area contributed by atoms with Gasteiger partial charge >= 0.3 is 0 Å². The molecule has 4 nitrogen and oxygen atoms in total. The van der Waals surface area contributed by atoms with E-state index in [2.05, 4.69) is 15.3 Å². The summed E-state index contributed by atoms with van der Waals surface area (Å²) in [6, 6.07) is 2.52. The summed E-state index contributed by atoms with van der Waals surface area (Å²) in [6.07, 6.45) is 7.96. The number of nitrogens with zero attached hydrogens (tertiary/aromatic N) is 2. The van der Waals surface area contributed by atoms with Crippen molar-refractivity contribution in [1.29, 1.82) is 0 Å². The van der Waals surface area contributed by atoms with Gasteiger partial charge in [-0.15, -0.1) is 0 Å². The number of nitrogens with one attached hydrogen (secondary N) is 1. The Hall–Kier alpha value is -1.32. The molecule has 3 aliphatic carbocycles. The Labute approximate surface area is 107 Å². The van der Waals surface area contributed by atoms with Crippen LogP contribution in [0.4, 0.5) is 11.6 Å². The first-order chi connectivity index (χ1) is 8.79. The Morgan fingerprint density at radius 2 is 1.72 bits per heavy atom. The monoisotopic (exact) mass is 244 g/mol. The number of aromatic nitrogens is 2. The molecule has 0 aliphatic heterocycles. The van der Waals surface area contributed by atoms with Crippen LogP contribution in [0.3, 0.4) is 0 Å². The molecule has 4 heteroatoms. The number of nitrogen functional groups attached to an aromatic ring is 1. The van der Waals surface area contributed by atoms with Crippen molar-refractivity contribution in [2.24, 2.45) is 11.8 Å². The minimum atomic E-state index is 0.564. The molecular formula is C14H20N4. The fourth-order valence-corrected chi connectivity index (χ4v) is 2.79. The minimum absolute atomic E-state index is 0.564. The zero-order valence-corrected chi connectivity index (χ0v) is 10.6. The first-order valence-electron chi connectivity index (χ1n) is 7.20. The zero-order valence-electron chi connectivity index (χ0n) is 10.6. The maximum absolute atomic E-state index is 5.89. The normalized spacial score (nSPS) is 23.4. The van der Waals surface area contributed by atoms with Crippen LogP contribution in [-0.2, 0) is 0 Å². The largest absolute Gasteiger partial charge is 0.384 e. The second-order valence-electron chi connectivity index (χ2n) is 6.16. The van der Waals surface area contributed by atoms with Crippen molar-refractivity contribution in [3.8, 4) is 0 Å². The smallest absolute Gasteiger partial charge is 0.136 e. The Morgan fingerprint density at radius 1 is 1.06 bits per heavy atom. The number of rotatable bonds is 5. The van der Waals surface area contributed by atoms with E-state index in [9.17, 15) is 0 Å². The molecule has 1 heterocycles. The van der Waals surface area contributed by atoms with Crippen LogP contribution in [0.15, 0.2) is 6.07 Å². The quantitative estimate of drug-likeness (QED) is 0.835. The van der Waals surface area contributed by atoms with Gasteiger partial charge in [0.15, 0.2) is 0 Å². The van der Waals surface area contributed by atoms with Crippen molar-refractivity contribution < 1.29 is 0 Å². The molecule has 3 N–H and O–H groups in total. The molecule has 0 bridgehead atoms. The van der Waals surface area contributed by atoms with E-state index in [1.807, 2.05) is 6.07 Å². The summed E-state index contributed by atoms with van der Waals surface area (Å²) in [6.45, 7) is 0. The van der Waals surface area contributed by atoms with Gasteiger partial charge in [0.05, 0.1) is 0 Å². The second kappa shape index (κ2) is 3.84. The Kier molecular flexibility index (Phi) is 2.26. The summed E-state index contributed by atoms with van der Waals surface area (Å²) in [5.74, 6) is 4.82. The van der Waals surface area contributed by atoms with Crippen LogP contribution in [0.5, 0.6) is 0 Å². The molecule has 0 saturated heterocycles. The van der Waals surface area contributed by atoms with Crippen molar-refractivity contribution in [3.63, 3.8) is 0 Å². The van der Waals surface area contributed by atoms with E-state index in [4.69, 9.17) is 5.73 Å². The van der Waals surface area contributed by atoms with E-state index < -0.39 is 0 Å². The zero-order chi connectivity index (χ0) is 12.1. The van der Waals surface area contributed by atoms with Crippen molar-refractivity contribution >= 4 is 11.6 Å². The average Bonchev–Trinajstić information content (AvgIpc) is 3.24. The van der Waals surface area contributed by atoms with E-state index in [1.165, 1.54) is 38.5 Å². The SMILES string of the molecule is Nc1cc(NC(C2CC2)C2CC2)nc(C2CC2)n1. The predicted octanol–water partition coefficient (Wildman–Crippen LogP) is 2.54. The number of hydrogen-bond donors (Lipinski definition) is 2. The van der Waals surface area contributed by atoms with Gasteiger partial charge in [-0.1, -0.05) is 0 Å². The number of anilines is 2. The summed E-state index contributed by atoms with van der Waals surface area (Å²) >= 11 is 0. The van der Waals surface area contributed by atoms with Gasteiger partial charge in [0.2, 0.25) is 0 Å². The highest BCUT2D eigenvalue weighted by Gasteiger charge is 2.41. The molecule has 0 radical (unpaired) electrons. The van der Waals surface area contributed by atoms with Crippen molar-refractivity contribution in [3.05, 3.63) is 11.9 Å². The molecule has 96 valence electrons. The molecular weight excluding hydrogens is 224 g/mol. The molecule has 0 atom stereocenters. The van der Waals surface area contributed by atoms with Gasteiger partial charge in [-0.2, -0.15) is 0 Å². The van der Waals surface area contributed by atoms with Gasteiger partial charge in [-0.05, 0) is 50.4 Å². The highest BCUT2D eigenvalue weighted by Crippen LogP contribution is 2.46. The van der Waals surface area contributed by atoms with Gasteiger partial charge < -0.3 is 11.1 Å². The van der Waals surface area contributed by atoms with Gasteiger partial charge in [0, 0.05) is 18.0 Å². The highest BCUT2D eigenvalue weighted by atomic mass is 15.1. The Bertz CT molecular complexity index is 449. The molecule has 4 rings (SSSR count). The Morgan fingerprint density at radius 3 is 2.28 bits per heavy atom. The summed E-state index contributed by atoms with van der Waals surface area (Å²) in [4.78, 5) is 9.00. The molecule has 3 fully saturated rings. The van der Waals surface area contributed by atoms with E-state index in [1.54, 1.807) is 0 Å². The molecule has 0 aromatic carbocycles. The van der Waals surface area contributed by atoms with Gasteiger partial charge in [-0.3, -0.25) is 0 Å². The van der Waals surface area contributed by atoms with Crippen LogP contribution < -0.4 is 11.1 Å². The van der Waals surface area contributed by atoms with Crippen LogP contribution in [-0.4, -0.2) is 16.0 Å². The summed E-state index contributed by atoms with van der Waals surface area (Å²) in [5.41, 5.74) is 5.89.